The van der Waals surface area contributed by atoms with Gasteiger partial charge in [0.05, 0.1) is 23.0 Å². The lowest BCUT2D eigenvalue weighted by Crippen LogP contribution is -2.25. The van der Waals surface area contributed by atoms with Crippen molar-refractivity contribution in [3.8, 4) is 0 Å². The van der Waals surface area contributed by atoms with Crippen LogP contribution in [0, 0.1) is 0 Å². The van der Waals surface area contributed by atoms with Crippen molar-refractivity contribution in [2.45, 2.75) is 19.8 Å². The van der Waals surface area contributed by atoms with Crippen LogP contribution < -0.4 is 5.73 Å². The van der Waals surface area contributed by atoms with Crippen molar-refractivity contribution in [3.63, 3.8) is 0 Å². The summed E-state index contributed by atoms with van der Waals surface area (Å²) in [6.45, 7) is 4.00. The first-order valence-corrected chi connectivity index (χ1v) is 5.38. The average Bonchev–Trinajstić information content (AvgIpc) is 2.66. The Morgan fingerprint density at radius 3 is 2.69 bits per heavy atom. The number of benzene rings is 1. The fourth-order valence-electron chi connectivity index (χ4n) is 2.38. The monoisotopic (exact) mass is 211 g/mol. The molecule has 0 aromatic heterocycles. The fourth-order valence-corrected chi connectivity index (χ4v) is 2.38. The Morgan fingerprint density at radius 1 is 1.12 bits per heavy atom. The third-order valence-electron chi connectivity index (χ3n) is 3.26. The zero-order valence-corrected chi connectivity index (χ0v) is 9.36. The maximum absolute atomic E-state index is 5.92. The summed E-state index contributed by atoms with van der Waals surface area (Å²) in [7, 11) is 0. The van der Waals surface area contributed by atoms with Gasteiger partial charge >= 0.3 is 0 Å². The Kier molecular flexibility index (Phi) is 1.78. The van der Waals surface area contributed by atoms with E-state index in [9.17, 15) is 0 Å². The van der Waals surface area contributed by atoms with Gasteiger partial charge in [-0.1, -0.05) is 18.2 Å². The Bertz CT molecular complexity index is 564. The normalized spacial score (nSPS) is 22.5. The Balaban J connectivity index is 2.25. The predicted molar refractivity (Wildman–Crippen MR) is 66.3 cm³/mol. The van der Waals surface area contributed by atoms with Gasteiger partial charge in [0, 0.05) is 0 Å². The molecule has 2 N–H and O–H groups in total. The number of para-hydroxylation sites is 1. The van der Waals surface area contributed by atoms with E-state index in [1.54, 1.807) is 0 Å². The summed E-state index contributed by atoms with van der Waals surface area (Å²) < 4.78 is 0. The molecule has 0 fully saturated rings. The second-order valence-corrected chi connectivity index (χ2v) is 4.25. The summed E-state index contributed by atoms with van der Waals surface area (Å²) in [4.78, 5) is 8.97. The van der Waals surface area contributed by atoms with E-state index in [0.717, 1.165) is 22.7 Å². The van der Waals surface area contributed by atoms with E-state index in [1.165, 1.54) is 5.56 Å². The molecule has 16 heavy (non-hydrogen) atoms. The number of nitrogens with two attached hydrogens (primary N) is 1. The summed E-state index contributed by atoms with van der Waals surface area (Å²) in [6.07, 6.45) is 0. The predicted octanol–water partition coefficient (Wildman–Crippen LogP) is 2.52. The van der Waals surface area contributed by atoms with E-state index in [2.05, 4.69) is 16.1 Å². The average molecular weight is 211 g/mol. The molecule has 0 radical (unpaired) electrons. The molecule has 0 spiro atoms. The SMILES string of the molecule is CC1=NC(N)=C(C)C2C1=Nc1ccccc12. The molecule has 0 bridgehead atoms. The lowest BCUT2D eigenvalue weighted by molar-refractivity contribution is 0.992. The van der Waals surface area contributed by atoms with Crippen molar-refractivity contribution < 1.29 is 0 Å². The van der Waals surface area contributed by atoms with Crippen LogP contribution in [0.1, 0.15) is 25.3 Å². The molecule has 0 aliphatic carbocycles. The molecule has 2 aliphatic rings. The molecule has 0 saturated heterocycles. The van der Waals surface area contributed by atoms with Gasteiger partial charge in [0.2, 0.25) is 0 Å². The summed E-state index contributed by atoms with van der Waals surface area (Å²) >= 11 is 0. The number of hydrogen-bond acceptors (Lipinski definition) is 3. The quantitative estimate of drug-likeness (QED) is 0.704. The second kappa shape index (κ2) is 3.04. The minimum Gasteiger partial charge on any atom is -0.384 e. The van der Waals surface area contributed by atoms with Gasteiger partial charge in [-0.05, 0) is 31.1 Å². The van der Waals surface area contributed by atoms with Crippen molar-refractivity contribution in [1.29, 1.82) is 0 Å². The van der Waals surface area contributed by atoms with Gasteiger partial charge in [0.25, 0.3) is 0 Å². The van der Waals surface area contributed by atoms with Crippen molar-refractivity contribution in [2.75, 3.05) is 0 Å². The first kappa shape index (κ1) is 9.33. The highest BCUT2D eigenvalue weighted by Crippen LogP contribution is 2.41. The Hall–Kier alpha value is -1.90. The van der Waals surface area contributed by atoms with Crippen LogP contribution in [0.5, 0.6) is 0 Å². The standard InChI is InChI=1S/C13H13N3/c1-7-11-9-5-3-4-6-10(9)16-12(11)8(2)15-13(7)14/h3-6,11H,14H2,1-2H3. The van der Waals surface area contributed by atoms with Gasteiger partial charge < -0.3 is 5.73 Å². The van der Waals surface area contributed by atoms with Crippen molar-refractivity contribution in [3.05, 3.63) is 41.2 Å². The summed E-state index contributed by atoms with van der Waals surface area (Å²) in [5.41, 5.74) is 11.3. The van der Waals surface area contributed by atoms with Gasteiger partial charge in [-0.3, -0.25) is 4.99 Å². The summed E-state index contributed by atoms with van der Waals surface area (Å²) in [5.74, 6) is 0.854. The second-order valence-electron chi connectivity index (χ2n) is 4.25. The van der Waals surface area contributed by atoms with E-state index in [4.69, 9.17) is 5.73 Å². The molecule has 2 aliphatic heterocycles. The highest BCUT2D eigenvalue weighted by molar-refractivity contribution is 6.46. The molecule has 1 aromatic carbocycles. The third-order valence-corrected chi connectivity index (χ3v) is 3.26. The first-order chi connectivity index (χ1) is 7.68. The van der Waals surface area contributed by atoms with Crippen LogP contribution in [0.2, 0.25) is 0 Å². The molecule has 0 saturated carbocycles. The summed E-state index contributed by atoms with van der Waals surface area (Å²) in [5, 5.41) is 0. The van der Waals surface area contributed by atoms with Crippen molar-refractivity contribution in [2.24, 2.45) is 15.7 Å². The molecule has 1 aromatic rings. The number of aliphatic imine (C=N–C) groups is 2. The number of allylic oxidation sites excluding steroid dienone is 1. The largest absolute Gasteiger partial charge is 0.384 e. The molecular formula is C13H13N3. The molecule has 2 heterocycles. The molecule has 3 nitrogen and oxygen atoms in total. The van der Waals surface area contributed by atoms with E-state index < -0.39 is 0 Å². The molecule has 0 amide bonds. The van der Waals surface area contributed by atoms with Gasteiger partial charge in [-0.25, -0.2) is 4.99 Å². The molecule has 1 atom stereocenters. The van der Waals surface area contributed by atoms with Crippen molar-refractivity contribution in [1.82, 2.24) is 0 Å². The van der Waals surface area contributed by atoms with Crippen LogP contribution in [0.3, 0.4) is 0 Å². The van der Waals surface area contributed by atoms with Gasteiger partial charge in [-0.2, -0.15) is 0 Å². The number of rotatable bonds is 0. The van der Waals surface area contributed by atoms with Crippen LogP contribution in [0.15, 0.2) is 45.6 Å². The minimum atomic E-state index is 0.216. The van der Waals surface area contributed by atoms with Crippen LogP contribution in [-0.4, -0.2) is 11.4 Å². The highest BCUT2D eigenvalue weighted by atomic mass is 15.0. The molecule has 3 heteroatoms. The van der Waals surface area contributed by atoms with Gasteiger partial charge in [0.1, 0.15) is 5.82 Å². The first-order valence-electron chi connectivity index (χ1n) is 5.38. The molecular weight excluding hydrogens is 198 g/mol. The molecule has 80 valence electrons. The van der Waals surface area contributed by atoms with E-state index in [-0.39, 0.29) is 5.92 Å². The zero-order valence-electron chi connectivity index (χ0n) is 9.36. The maximum atomic E-state index is 5.92. The Labute approximate surface area is 94.4 Å². The lowest BCUT2D eigenvalue weighted by atomic mass is 9.86. The number of nitrogens with zero attached hydrogens (tertiary/aromatic N) is 2. The topological polar surface area (TPSA) is 50.7 Å². The van der Waals surface area contributed by atoms with Gasteiger partial charge in [0.15, 0.2) is 0 Å². The zero-order chi connectivity index (χ0) is 11.3. The number of hydrogen-bond donors (Lipinski definition) is 1. The van der Waals surface area contributed by atoms with Crippen LogP contribution in [0.25, 0.3) is 0 Å². The van der Waals surface area contributed by atoms with Gasteiger partial charge in [-0.15, -0.1) is 0 Å². The van der Waals surface area contributed by atoms with E-state index in [0.29, 0.717) is 5.82 Å². The third kappa shape index (κ3) is 1.08. The summed E-state index contributed by atoms with van der Waals surface area (Å²) in [6, 6.07) is 8.21. The fraction of sp³-hybridized carbons (Fsp3) is 0.231. The maximum Gasteiger partial charge on any atom is 0.123 e. The van der Waals surface area contributed by atoms with Crippen molar-refractivity contribution >= 4 is 17.1 Å². The smallest absolute Gasteiger partial charge is 0.123 e. The molecule has 3 rings (SSSR count). The van der Waals surface area contributed by atoms with Crippen LogP contribution >= 0.6 is 0 Å². The minimum absolute atomic E-state index is 0.216. The van der Waals surface area contributed by atoms with Crippen LogP contribution in [0.4, 0.5) is 5.69 Å². The number of fused-ring (bicyclic) bond motifs is 3. The van der Waals surface area contributed by atoms with Crippen LogP contribution in [-0.2, 0) is 0 Å². The Morgan fingerprint density at radius 2 is 1.88 bits per heavy atom. The van der Waals surface area contributed by atoms with E-state index in [1.807, 2.05) is 32.0 Å². The molecule has 1 unspecified atom stereocenters. The highest BCUT2D eigenvalue weighted by Gasteiger charge is 2.33. The lowest BCUT2D eigenvalue weighted by Gasteiger charge is -2.21. The van der Waals surface area contributed by atoms with E-state index >= 15 is 0 Å².